The van der Waals surface area contributed by atoms with Crippen LogP contribution < -0.4 is 10.6 Å². The van der Waals surface area contributed by atoms with E-state index in [2.05, 4.69) is 32.1 Å². The second-order valence-corrected chi connectivity index (χ2v) is 8.88. The molecular weight excluding hydrogens is 434 g/mol. The molecule has 1 aromatic carbocycles. The number of nitrogens with one attached hydrogen (secondary N) is 2. The topological polar surface area (TPSA) is 130 Å². The summed E-state index contributed by atoms with van der Waals surface area (Å²) < 4.78 is 7.34. The summed E-state index contributed by atoms with van der Waals surface area (Å²) in [5.41, 5.74) is 5.22. The summed E-state index contributed by atoms with van der Waals surface area (Å²) in [4.78, 5) is 16.6. The van der Waals surface area contributed by atoms with Crippen molar-refractivity contribution in [2.24, 2.45) is 5.92 Å². The van der Waals surface area contributed by atoms with Gasteiger partial charge < -0.3 is 20.3 Å². The van der Waals surface area contributed by atoms with E-state index in [4.69, 9.17) is 9.51 Å². The minimum absolute atomic E-state index is 0.102. The normalized spacial score (nSPS) is 12.6. The van der Waals surface area contributed by atoms with Gasteiger partial charge in [-0.15, -0.1) is 10.2 Å². The monoisotopic (exact) mass is 465 g/mol. The van der Waals surface area contributed by atoms with Crippen molar-refractivity contribution < 1.29 is 14.4 Å². The van der Waals surface area contributed by atoms with E-state index in [-0.39, 0.29) is 11.8 Å². The fraction of sp³-hybridized carbons (Fsp3) is 0.458. The van der Waals surface area contributed by atoms with Crippen LogP contribution in [0.1, 0.15) is 44.0 Å². The molecule has 0 aliphatic carbocycles. The van der Waals surface area contributed by atoms with E-state index in [0.29, 0.717) is 24.6 Å². The summed E-state index contributed by atoms with van der Waals surface area (Å²) in [5.74, 6) is 1.78. The van der Waals surface area contributed by atoms with Crippen molar-refractivity contribution in [1.82, 2.24) is 30.1 Å². The molecule has 0 spiro atoms. The SMILES string of the molecule is Cc1noc(C)c1-c1ccc2nc(NCCCCNC(=O)C(O)C(C)C)c3nnc(C)n3c2c1. The Morgan fingerprint density at radius 3 is 2.62 bits per heavy atom. The van der Waals surface area contributed by atoms with Gasteiger partial charge >= 0.3 is 0 Å². The van der Waals surface area contributed by atoms with Crippen LogP contribution in [-0.2, 0) is 4.79 Å². The number of amides is 1. The number of hydrogen-bond acceptors (Lipinski definition) is 8. The van der Waals surface area contributed by atoms with Crippen LogP contribution in [0.3, 0.4) is 0 Å². The molecule has 4 rings (SSSR count). The molecule has 34 heavy (non-hydrogen) atoms. The van der Waals surface area contributed by atoms with Gasteiger partial charge in [0.1, 0.15) is 17.7 Å². The number of rotatable bonds is 9. The van der Waals surface area contributed by atoms with Crippen LogP contribution in [0.5, 0.6) is 0 Å². The van der Waals surface area contributed by atoms with Crippen molar-refractivity contribution >= 4 is 28.4 Å². The average molecular weight is 466 g/mol. The van der Waals surface area contributed by atoms with Gasteiger partial charge in [0.25, 0.3) is 0 Å². The number of carbonyl (C=O) groups excluding carboxylic acids is 1. The molecule has 0 saturated carbocycles. The highest BCUT2D eigenvalue weighted by atomic mass is 16.5. The number of aryl methyl sites for hydroxylation is 3. The number of anilines is 1. The molecule has 10 nitrogen and oxygen atoms in total. The Hall–Kier alpha value is -3.53. The molecule has 0 fully saturated rings. The standard InChI is InChI=1S/C24H31N7O3/c1-13(2)21(32)24(33)26-11-7-6-10-25-22-23-29-28-16(5)31(23)19-12-17(8-9-18(19)27-22)20-14(3)30-34-15(20)4/h8-9,12-13,21,32H,6-7,10-11H2,1-5H3,(H,25,27)(H,26,33). The zero-order chi connectivity index (χ0) is 24.4. The number of unbranched alkanes of at least 4 members (excludes halogenated alkanes) is 1. The maximum atomic E-state index is 11.8. The number of nitrogens with zero attached hydrogens (tertiary/aromatic N) is 5. The summed E-state index contributed by atoms with van der Waals surface area (Å²) in [7, 11) is 0. The van der Waals surface area contributed by atoms with Gasteiger partial charge in [0.2, 0.25) is 11.6 Å². The van der Waals surface area contributed by atoms with E-state index in [0.717, 1.165) is 52.3 Å². The Balaban J connectivity index is 1.49. The van der Waals surface area contributed by atoms with Crippen molar-refractivity contribution in [3.63, 3.8) is 0 Å². The molecule has 4 aromatic rings. The van der Waals surface area contributed by atoms with Gasteiger partial charge in [-0.05, 0) is 57.2 Å². The van der Waals surface area contributed by atoms with E-state index in [1.54, 1.807) is 0 Å². The molecule has 3 aromatic heterocycles. The maximum absolute atomic E-state index is 11.8. The molecule has 180 valence electrons. The van der Waals surface area contributed by atoms with Crippen LogP contribution in [0.25, 0.3) is 27.8 Å². The lowest BCUT2D eigenvalue weighted by molar-refractivity contribution is -0.131. The molecule has 0 aliphatic rings. The van der Waals surface area contributed by atoms with Crippen LogP contribution in [0, 0.1) is 26.7 Å². The van der Waals surface area contributed by atoms with Crippen LogP contribution in [-0.4, -0.2) is 54.9 Å². The zero-order valence-corrected chi connectivity index (χ0v) is 20.2. The molecule has 0 aliphatic heterocycles. The van der Waals surface area contributed by atoms with E-state index in [9.17, 15) is 9.90 Å². The third kappa shape index (κ3) is 4.58. The highest BCUT2D eigenvalue weighted by molar-refractivity contribution is 5.87. The first-order valence-electron chi connectivity index (χ1n) is 11.6. The van der Waals surface area contributed by atoms with Crippen LogP contribution in [0.4, 0.5) is 5.82 Å². The Kier molecular flexibility index (Phi) is 6.78. The van der Waals surface area contributed by atoms with E-state index in [1.807, 2.05) is 51.2 Å². The number of benzene rings is 1. The fourth-order valence-corrected chi connectivity index (χ4v) is 4.02. The average Bonchev–Trinajstić information content (AvgIpc) is 3.37. The lowest BCUT2D eigenvalue weighted by Gasteiger charge is -2.14. The van der Waals surface area contributed by atoms with Crippen LogP contribution in [0.2, 0.25) is 0 Å². The predicted molar refractivity (Wildman–Crippen MR) is 130 cm³/mol. The van der Waals surface area contributed by atoms with Crippen molar-refractivity contribution in [3.05, 3.63) is 35.5 Å². The quantitative estimate of drug-likeness (QED) is 0.321. The fourth-order valence-electron chi connectivity index (χ4n) is 4.02. The largest absolute Gasteiger partial charge is 0.383 e. The van der Waals surface area contributed by atoms with E-state index >= 15 is 0 Å². The molecule has 10 heteroatoms. The molecule has 1 unspecified atom stereocenters. The zero-order valence-electron chi connectivity index (χ0n) is 20.2. The highest BCUT2D eigenvalue weighted by Crippen LogP contribution is 2.30. The molecular formula is C24H31N7O3. The van der Waals surface area contributed by atoms with Crippen LogP contribution >= 0.6 is 0 Å². The summed E-state index contributed by atoms with van der Waals surface area (Å²) in [6, 6.07) is 6.07. The predicted octanol–water partition coefficient (Wildman–Crippen LogP) is 3.18. The molecule has 1 atom stereocenters. The number of aliphatic hydroxyl groups is 1. The number of aromatic nitrogens is 5. The maximum Gasteiger partial charge on any atom is 0.249 e. The Morgan fingerprint density at radius 2 is 1.91 bits per heavy atom. The Labute approximate surface area is 197 Å². The molecule has 3 N–H and O–H groups in total. The van der Waals surface area contributed by atoms with Gasteiger partial charge in [-0.3, -0.25) is 9.20 Å². The second kappa shape index (κ2) is 9.76. The number of carbonyl (C=O) groups is 1. The summed E-state index contributed by atoms with van der Waals surface area (Å²) >= 11 is 0. The lowest BCUT2D eigenvalue weighted by atomic mass is 10.0. The number of fused-ring (bicyclic) bond motifs is 3. The van der Waals surface area contributed by atoms with E-state index in [1.165, 1.54) is 0 Å². The van der Waals surface area contributed by atoms with Gasteiger partial charge in [-0.25, -0.2) is 4.98 Å². The minimum atomic E-state index is -0.970. The van der Waals surface area contributed by atoms with Crippen molar-refractivity contribution in [1.29, 1.82) is 0 Å². The minimum Gasteiger partial charge on any atom is -0.383 e. The molecule has 0 radical (unpaired) electrons. The first kappa shape index (κ1) is 23.6. The molecule has 1 amide bonds. The number of hydrogen-bond donors (Lipinski definition) is 3. The summed E-state index contributed by atoms with van der Waals surface area (Å²) in [6.07, 6.45) is 0.629. The van der Waals surface area contributed by atoms with Gasteiger partial charge in [0.05, 0.1) is 16.7 Å². The first-order chi connectivity index (χ1) is 16.3. The Bertz CT molecular complexity index is 1310. The third-order valence-electron chi connectivity index (χ3n) is 5.90. The number of aliphatic hydroxyl groups excluding tert-OH is 1. The first-order valence-corrected chi connectivity index (χ1v) is 11.6. The van der Waals surface area contributed by atoms with Crippen molar-refractivity contribution in [2.75, 3.05) is 18.4 Å². The third-order valence-corrected chi connectivity index (χ3v) is 5.90. The molecule has 0 saturated heterocycles. The lowest BCUT2D eigenvalue weighted by Crippen LogP contribution is -2.38. The van der Waals surface area contributed by atoms with Crippen LogP contribution in [0.15, 0.2) is 22.7 Å². The molecule has 0 bridgehead atoms. The smallest absolute Gasteiger partial charge is 0.249 e. The summed E-state index contributed by atoms with van der Waals surface area (Å²) in [5, 5.41) is 28.6. The summed E-state index contributed by atoms with van der Waals surface area (Å²) in [6.45, 7) is 10.6. The van der Waals surface area contributed by atoms with Gasteiger partial charge in [0, 0.05) is 18.7 Å². The molecule has 3 heterocycles. The second-order valence-electron chi connectivity index (χ2n) is 8.88. The van der Waals surface area contributed by atoms with E-state index < -0.39 is 6.10 Å². The van der Waals surface area contributed by atoms with Gasteiger partial charge in [-0.2, -0.15) is 0 Å². The van der Waals surface area contributed by atoms with Gasteiger partial charge in [0.15, 0.2) is 5.82 Å². The van der Waals surface area contributed by atoms with Gasteiger partial charge in [-0.1, -0.05) is 25.1 Å². The Morgan fingerprint density at radius 1 is 1.15 bits per heavy atom. The van der Waals surface area contributed by atoms with Crippen molar-refractivity contribution in [2.45, 2.75) is 53.6 Å². The highest BCUT2D eigenvalue weighted by Gasteiger charge is 2.18. The van der Waals surface area contributed by atoms with Crippen molar-refractivity contribution in [3.8, 4) is 11.1 Å².